The lowest BCUT2D eigenvalue weighted by molar-refractivity contribution is -0.105. The molecule has 1 heterocycles. The van der Waals surface area contributed by atoms with E-state index in [1.807, 2.05) is 0 Å². The largest absolute Gasteiger partial charge is 0.395 e. The Hall–Kier alpha value is -1.60. The summed E-state index contributed by atoms with van der Waals surface area (Å²) in [6.45, 7) is 3.24. The molecule has 0 saturated carbocycles. The number of amides is 1. The van der Waals surface area contributed by atoms with Gasteiger partial charge in [-0.05, 0) is 68.8 Å². The van der Waals surface area contributed by atoms with Crippen molar-refractivity contribution in [2.45, 2.75) is 60.3 Å². The highest BCUT2D eigenvalue weighted by Gasteiger charge is 2.40. The Bertz CT molecular complexity index is 996. The molecule has 2 aromatic rings. The average Bonchev–Trinajstić information content (AvgIpc) is 3.41. The van der Waals surface area contributed by atoms with Crippen molar-refractivity contribution in [1.82, 2.24) is 4.98 Å². The normalized spacial score (nSPS) is 23.9. The summed E-state index contributed by atoms with van der Waals surface area (Å²) in [6.07, 6.45) is 3.98. The van der Waals surface area contributed by atoms with E-state index in [2.05, 4.69) is 16.0 Å². The summed E-state index contributed by atoms with van der Waals surface area (Å²) in [5.74, 6) is 0. The van der Waals surface area contributed by atoms with Crippen molar-refractivity contribution in [3.63, 3.8) is 0 Å². The fraction of sp³-hybridized carbons (Fsp3) is 0.500. The van der Waals surface area contributed by atoms with E-state index in [0.717, 1.165) is 22.5 Å². The maximum Gasteiger partial charge on any atom is 0.211 e. The predicted molar refractivity (Wildman–Crippen MR) is 130 cm³/mol. The zero-order chi connectivity index (χ0) is 25.2. The zero-order valence-corrected chi connectivity index (χ0v) is 20.4. The SMILES string of the molecule is CC(C)(O)c1ncc(S(N)=O)s1.CN.[B]C1(O)CCc2c1cc1c(c2NC=O)CCC1([B])O. The summed E-state index contributed by atoms with van der Waals surface area (Å²) in [6, 6.07) is 1.68. The lowest BCUT2D eigenvalue weighted by Gasteiger charge is -2.24. The number of carbonyl (C=O) groups is 1. The Labute approximate surface area is 202 Å². The zero-order valence-electron chi connectivity index (χ0n) is 18.8. The Morgan fingerprint density at radius 2 is 1.67 bits per heavy atom. The highest BCUT2D eigenvalue weighted by atomic mass is 32.2. The second-order valence-electron chi connectivity index (χ2n) is 8.26. The van der Waals surface area contributed by atoms with Gasteiger partial charge in [0.15, 0.2) is 0 Å². The minimum absolute atomic E-state index is 0.391. The van der Waals surface area contributed by atoms with Crippen molar-refractivity contribution < 1.29 is 24.3 Å². The van der Waals surface area contributed by atoms with Gasteiger partial charge < -0.3 is 26.4 Å². The Kier molecular flexibility index (Phi) is 8.67. The quantitative estimate of drug-likeness (QED) is 0.252. The highest BCUT2D eigenvalue weighted by Crippen LogP contribution is 2.47. The van der Waals surface area contributed by atoms with Crippen LogP contribution in [0.1, 0.15) is 54.0 Å². The number of aliphatic hydroxyl groups is 3. The second-order valence-corrected chi connectivity index (χ2v) is 10.6. The van der Waals surface area contributed by atoms with Gasteiger partial charge in [-0.3, -0.25) is 4.79 Å². The van der Waals surface area contributed by atoms with Crippen molar-refractivity contribution in [2.24, 2.45) is 10.9 Å². The van der Waals surface area contributed by atoms with Gasteiger partial charge in [-0.15, -0.1) is 11.3 Å². The van der Waals surface area contributed by atoms with Crippen molar-refractivity contribution in [3.8, 4) is 0 Å². The molecule has 0 saturated heterocycles. The topological polar surface area (TPSA) is 172 Å². The van der Waals surface area contributed by atoms with Crippen LogP contribution >= 0.6 is 11.3 Å². The van der Waals surface area contributed by atoms with Gasteiger partial charge >= 0.3 is 0 Å². The first-order valence-corrected chi connectivity index (χ1v) is 12.2. The number of aromatic nitrogens is 1. The van der Waals surface area contributed by atoms with Crippen LogP contribution in [0.5, 0.6) is 0 Å². The van der Waals surface area contributed by atoms with Gasteiger partial charge in [0.05, 0.1) is 6.20 Å². The molecule has 2 aliphatic rings. The number of hydrogen-bond donors (Lipinski definition) is 6. The number of nitrogens with zero attached hydrogens (tertiary/aromatic N) is 1. The van der Waals surface area contributed by atoms with Crippen LogP contribution in [0.3, 0.4) is 0 Å². The smallest absolute Gasteiger partial charge is 0.211 e. The number of hydrogen-bond acceptors (Lipinski definition) is 8. The third kappa shape index (κ3) is 5.91. The average molecular weight is 490 g/mol. The fourth-order valence-electron chi connectivity index (χ4n) is 3.83. The van der Waals surface area contributed by atoms with Crippen molar-refractivity contribution in [3.05, 3.63) is 39.5 Å². The van der Waals surface area contributed by atoms with E-state index in [1.54, 1.807) is 19.9 Å². The number of nitrogens with two attached hydrogens (primary N) is 2. The van der Waals surface area contributed by atoms with Crippen molar-refractivity contribution >= 4 is 50.1 Å². The molecule has 0 aliphatic heterocycles. The number of benzene rings is 1. The number of rotatable bonds is 4. The molecule has 13 heteroatoms. The minimum Gasteiger partial charge on any atom is -0.395 e. The standard InChI is InChI=1S/C13H13B2NO3.C6H10N2O2S2.CH5N/c14-12(18)3-1-7-9(12)5-10-8(11(7)16-6-17)2-4-13(10,15)19;1-6(2,9)5-8-3-4(11-5)12(7)10;1-2/h5-6,18-19H,1-4H2,(H,16,17);3,9H,7H2,1-2H3;2H2,1H3. The second kappa shape index (κ2) is 10.3. The van der Waals surface area contributed by atoms with Gasteiger partial charge in [0.2, 0.25) is 6.41 Å². The first-order chi connectivity index (χ1) is 15.3. The lowest BCUT2D eigenvalue weighted by Crippen LogP contribution is -2.25. The van der Waals surface area contributed by atoms with Crippen LogP contribution < -0.4 is 16.2 Å². The first-order valence-electron chi connectivity index (χ1n) is 10.1. The molecule has 0 bridgehead atoms. The van der Waals surface area contributed by atoms with Gasteiger partial charge in [-0.1, -0.05) is 6.07 Å². The van der Waals surface area contributed by atoms with Gasteiger partial charge in [-0.25, -0.2) is 14.3 Å². The maximum atomic E-state index is 10.8. The van der Waals surface area contributed by atoms with E-state index in [1.165, 1.54) is 13.2 Å². The van der Waals surface area contributed by atoms with Crippen molar-refractivity contribution in [1.29, 1.82) is 0 Å². The van der Waals surface area contributed by atoms with E-state index in [4.69, 9.17) is 20.8 Å². The Morgan fingerprint density at radius 3 is 2.00 bits per heavy atom. The summed E-state index contributed by atoms with van der Waals surface area (Å²) < 4.78 is 11.2. The van der Waals surface area contributed by atoms with Gasteiger partial charge in [-0.2, -0.15) is 0 Å². The molecule has 3 unspecified atom stereocenters. The van der Waals surface area contributed by atoms with Crippen molar-refractivity contribution in [2.75, 3.05) is 12.4 Å². The number of nitrogens with one attached hydrogen (secondary N) is 1. The van der Waals surface area contributed by atoms with E-state index in [-0.39, 0.29) is 0 Å². The van der Waals surface area contributed by atoms with Crippen LogP contribution in [-0.4, -0.2) is 53.7 Å². The van der Waals surface area contributed by atoms with Crippen LogP contribution in [0, 0.1) is 0 Å². The molecular weight excluding hydrogens is 462 g/mol. The maximum absolute atomic E-state index is 10.8. The van der Waals surface area contributed by atoms with Crippen LogP contribution in [0.15, 0.2) is 16.5 Å². The van der Waals surface area contributed by atoms with E-state index in [0.29, 0.717) is 58.1 Å². The minimum atomic E-state index is -1.50. The third-order valence-corrected chi connectivity index (χ3v) is 7.75. The predicted octanol–water partition coefficient (Wildman–Crippen LogP) is -0.299. The summed E-state index contributed by atoms with van der Waals surface area (Å²) in [7, 11) is 11.7. The molecule has 3 atom stereocenters. The van der Waals surface area contributed by atoms with Gasteiger partial charge in [0.1, 0.15) is 41.5 Å². The molecule has 33 heavy (non-hydrogen) atoms. The molecule has 4 rings (SSSR count). The van der Waals surface area contributed by atoms with Gasteiger partial charge in [0.25, 0.3) is 0 Å². The molecule has 1 aromatic heterocycles. The molecule has 8 N–H and O–H groups in total. The molecule has 0 fully saturated rings. The van der Waals surface area contributed by atoms with Crippen LogP contribution in [0.4, 0.5) is 5.69 Å². The Balaban J connectivity index is 0.000000238. The van der Waals surface area contributed by atoms with Crippen LogP contribution in [-0.2, 0) is 45.2 Å². The van der Waals surface area contributed by atoms with E-state index >= 15 is 0 Å². The van der Waals surface area contributed by atoms with E-state index < -0.39 is 27.6 Å². The highest BCUT2D eigenvalue weighted by molar-refractivity contribution is 7.85. The Morgan fingerprint density at radius 1 is 1.18 bits per heavy atom. The molecular formula is C20H28B2N4O5S2. The summed E-state index contributed by atoms with van der Waals surface area (Å²) >= 11 is 1.16. The first kappa shape index (κ1) is 27.6. The molecule has 2 aliphatic carbocycles. The third-order valence-electron chi connectivity index (χ3n) is 5.40. The van der Waals surface area contributed by atoms with E-state index in [9.17, 15) is 24.3 Å². The fourth-order valence-corrected chi connectivity index (χ4v) is 5.20. The summed E-state index contributed by atoms with van der Waals surface area (Å²) in [4.78, 5) is 14.7. The number of fused-ring (bicyclic) bond motifs is 2. The molecule has 4 radical (unpaired) electrons. The lowest BCUT2D eigenvalue weighted by atomic mass is 9.72. The molecule has 9 nitrogen and oxygen atoms in total. The van der Waals surface area contributed by atoms with Gasteiger partial charge in [0, 0.05) is 16.7 Å². The number of thiazole rings is 1. The molecule has 1 aromatic carbocycles. The number of carbonyl (C=O) groups excluding carboxylic acids is 1. The summed E-state index contributed by atoms with van der Waals surface area (Å²) in [5.41, 5.74) is 4.07. The monoisotopic (exact) mass is 490 g/mol. The molecule has 0 spiro atoms. The molecule has 176 valence electrons. The van der Waals surface area contributed by atoms with Crippen LogP contribution in [0.25, 0.3) is 0 Å². The summed E-state index contributed by atoms with van der Waals surface area (Å²) in [5, 5.41) is 38.2. The van der Waals surface area contributed by atoms with Crippen LogP contribution in [0.2, 0.25) is 0 Å². The number of anilines is 1. The molecule has 1 amide bonds.